The van der Waals surface area contributed by atoms with Crippen molar-refractivity contribution < 1.29 is 14.4 Å². The molecule has 1 aromatic carbocycles. The molecule has 2 aromatic rings. The van der Waals surface area contributed by atoms with Crippen LogP contribution in [0.3, 0.4) is 0 Å². The summed E-state index contributed by atoms with van der Waals surface area (Å²) in [7, 11) is -0.427. The second kappa shape index (κ2) is 6.51. The third-order valence-electron chi connectivity index (χ3n) is 4.90. The van der Waals surface area contributed by atoms with Gasteiger partial charge in [0.05, 0.1) is 11.2 Å². The van der Waals surface area contributed by atoms with Crippen molar-refractivity contribution in [1.29, 1.82) is 0 Å². The van der Waals surface area contributed by atoms with Gasteiger partial charge in [0.2, 0.25) is 0 Å². The molecule has 1 atom stereocenters. The molecule has 1 N–H and O–H groups in total. The van der Waals surface area contributed by atoms with Crippen molar-refractivity contribution in [2.24, 2.45) is 0 Å². The van der Waals surface area contributed by atoms with Crippen molar-refractivity contribution >= 4 is 23.9 Å². The van der Waals surface area contributed by atoms with Crippen molar-refractivity contribution in [3.05, 3.63) is 45.9 Å². The molecule has 0 saturated carbocycles. The number of hydrogen-bond acceptors (Lipinski definition) is 5. The van der Waals surface area contributed by atoms with Crippen LogP contribution in [0.1, 0.15) is 50.1 Å². The molecule has 26 heavy (non-hydrogen) atoms. The van der Waals surface area contributed by atoms with E-state index in [1.54, 1.807) is 13.1 Å². The van der Waals surface area contributed by atoms with Gasteiger partial charge in [-0.25, -0.2) is 4.98 Å². The Labute approximate surface area is 159 Å². The normalized spacial score (nSPS) is 20.3. The fourth-order valence-electron chi connectivity index (χ4n) is 2.57. The summed E-state index contributed by atoms with van der Waals surface area (Å²) in [4.78, 5) is 5.28. The molecule has 0 unspecified atom stereocenters. The first-order chi connectivity index (χ1) is 12.0. The quantitative estimate of drug-likeness (QED) is 0.653. The van der Waals surface area contributed by atoms with Crippen LogP contribution in [-0.2, 0) is 14.9 Å². The molecule has 2 heterocycles. The fraction of sp³-hybridized carbons (Fsp3) is 0.450. The average molecular weight is 369 g/mol. The van der Waals surface area contributed by atoms with E-state index in [2.05, 4.69) is 16.8 Å². The Kier molecular flexibility index (Phi) is 4.79. The van der Waals surface area contributed by atoms with E-state index in [9.17, 15) is 5.11 Å². The van der Waals surface area contributed by atoms with E-state index in [4.69, 9.17) is 9.31 Å². The van der Waals surface area contributed by atoms with Gasteiger partial charge < -0.3 is 14.4 Å². The molecule has 0 spiro atoms. The van der Waals surface area contributed by atoms with E-state index in [1.165, 1.54) is 11.3 Å². The lowest BCUT2D eigenvalue weighted by Gasteiger charge is -2.32. The predicted molar refractivity (Wildman–Crippen MR) is 105 cm³/mol. The number of benzene rings is 1. The highest BCUT2D eigenvalue weighted by atomic mass is 32.1. The smallest absolute Gasteiger partial charge is 0.399 e. The van der Waals surface area contributed by atoms with Crippen molar-refractivity contribution in [3.8, 4) is 11.8 Å². The summed E-state index contributed by atoms with van der Waals surface area (Å²) >= 11 is 1.45. The molecule has 6 heteroatoms. The van der Waals surface area contributed by atoms with Crippen LogP contribution in [-0.4, -0.2) is 28.4 Å². The monoisotopic (exact) mass is 369 g/mol. The maximum absolute atomic E-state index is 10.6. The van der Waals surface area contributed by atoms with Crippen LogP contribution in [0.4, 0.5) is 0 Å². The zero-order valence-corrected chi connectivity index (χ0v) is 16.9. The summed E-state index contributed by atoms with van der Waals surface area (Å²) < 4.78 is 12.2. The van der Waals surface area contributed by atoms with Gasteiger partial charge in [-0.2, -0.15) is 0 Å². The highest BCUT2D eigenvalue weighted by Crippen LogP contribution is 2.36. The Balaban J connectivity index is 1.84. The second-order valence-corrected chi connectivity index (χ2v) is 9.05. The van der Waals surface area contributed by atoms with E-state index < -0.39 is 12.7 Å². The Morgan fingerprint density at radius 1 is 1.19 bits per heavy atom. The Hall–Kier alpha value is -1.65. The topological polar surface area (TPSA) is 51.6 Å². The molecule has 1 saturated heterocycles. The number of rotatable bonds is 2. The molecular weight excluding hydrogens is 345 g/mol. The first kappa shape index (κ1) is 19.1. The molecule has 0 amide bonds. The predicted octanol–water partition coefficient (Wildman–Crippen LogP) is 3.01. The number of nitrogens with zero attached hydrogens (tertiary/aromatic N) is 1. The molecule has 1 aromatic heterocycles. The molecule has 136 valence electrons. The minimum absolute atomic E-state index is 0.383. The second-order valence-electron chi connectivity index (χ2n) is 7.81. The van der Waals surface area contributed by atoms with Gasteiger partial charge in [0.15, 0.2) is 5.60 Å². The molecule has 3 rings (SSSR count). The molecule has 1 fully saturated rings. The van der Waals surface area contributed by atoms with Crippen LogP contribution < -0.4 is 5.46 Å². The van der Waals surface area contributed by atoms with Gasteiger partial charge >= 0.3 is 7.12 Å². The maximum atomic E-state index is 10.6. The minimum Gasteiger partial charge on any atom is -0.399 e. The summed E-state index contributed by atoms with van der Waals surface area (Å²) in [5.41, 5.74) is -0.331. The maximum Gasteiger partial charge on any atom is 0.494 e. The van der Waals surface area contributed by atoms with E-state index in [1.807, 2.05) is 58.9 Å². The van der Waals surface area contributed by atoms with Gasteiger partial charge in [0.25, 0.3) is 0 Å². The van der Waals surface area contributed by atoms with Gasteiger partial charge in [0.1, 0.15) is 5.01 Å². The highest BCUT2D eigenvalue weighted by Gasteiger charge is 2.51. The van der Waals surface area contributed by atoms with Crippen LogP contribution in [0, 0.1) is 18.8 Å². The number of aliphatic hydroxyl groups is 1. The molecule has 1 aliphatic heterocycles. The Morgan fingerprint density at radius 3 is 2.42 bits per heavy atom. The van der Waals surface area contributed by atoms with Crippen molar-refractivity contribution in [1.82, 2.24) is 4.98 Å². The molecular formula is C20H24BNO3S. The van der Waals surface area contributed by atoms with Crippen LogP contribution in [0.25, 0.3) is 0 Å². The number of thiazole rings is 1. The third kappa shape index (κ3) is 3.72. The van der Waals surface area contributed by atoms with E-state index in [0.717, 1.165) is 15.9 Å². The number of aromatic nitrogens is 1. The van der Waals surface area contributed by atoms with E-state index in [0.29, 0.717) is 5.01 Å². The van der Waals surface area contributed by atoms with Gasteiger partial charge in [-0.1, -0.05) is 24.0 Å². The molecule has 0 radical (unpaired) electrons. The zero-order chi connectivity index (χ0) is 19.2. The number of aryl methyl sites for hydroxylation is 1. The summed E-state index contributed by atoms with van der Waals surface area (Å²) in [5, 5.41) is 11.2. The first-order valence-electron chi connectivity index (χ1n) is 8.64. The Bertz CT molecular complexity index is 860. The highest BCUT2D eigenvalue weighted by molar-refractivity contribution is 7.11. The van der Waals surface area contributed by atoms with Crippen LogP contribution in [0.15, 0.2) is 30.5 Å². The number of hydrogen-bond donors (Lipinski definition) is 1. The summed E-state index contributed by atoms with van der Waals surface area (Å²) in [6, 6.07) is 7.74. The lowest BCUT2D eigenvalue weighted by molar-refractivity contribution is 0.00578. The standard InChI is InChI=1S/C20H24BNO3S/c1-14-13-22-17(26-14)20(6,23)11-10-15-8-7-9-16(12-15)21-24-18(2,3)19(4,5)25-21/h7-9,12-13,23H,1-6H3/t20-/m1/s1. The van der Waals surface area contributed by atoms with Crippen molar-refractivity contribution in [2.75, 3.05) is 0 Å². The van der Waals surface area contributed by atoms with Gasteiger partial charge in [-0.05, 0) is 59.1 Å². The lowest BCUT2D eigenvalue weighted by atomic mass is 9.78. The van der Waals surface area contributed by atoms with E-state index in [-0.39, 0.29) is 11.2 Å². The summed E-state index contributed by atoms with van der Waals surface area (Å²) in [6.07, 6.45) is 1.75. The minimum atomic E-state index is -1.28. The van der Waals surface area contributed by atoms with Gasteiger partial charge in [-0.3, -0.25) is 0 Å². The zero-order valence-electron chi connectivity index (χ0n) is 16.1. The van der Waals surface area contributed by atoms with Gasteiger partial charge in [0, 0.05) is 16.6 Å². The fourth-order valence-corrected chi connectivity index (χ4v) is 3.33. The lowest BCUT2D eigenvalue weighted by Crippen LogP contribution is -2.41. The van der Waals surface area contributed by atoms with Crippen LogP contribution >= 0.6 is 11.3 Å². The van der Waals surface area contributed by atoms with Crippen molar-refractivity contribution in [3.63, 3.8) is 0 Å². The summed E-state index contributed by atoms with van der Waals surface area (Å²) in [5.74, 6) is 5.98. The Morgan fingerprint density at radius 2 is 1.85 bits per heavy atom. The van der Waals surface area contributed by atoms with E-state index >= 15 is 0 Å². The molecule has 4 nitrogen and oxygen atoms in total. The van der Waals surface area contributed by atoms with Crippen LogP contribution in [0.2, 0.25) is 0 Å². The first-order valence-corrected chi connectivity index (χ1v) is 9.46. The largest absolute Gasteiger partial charge is 0.494 e. The molecule has 0 aliphatic carbocycles. The SMILES string of the molecule is Cc1cnc([C@](C)(O)C#Cc2cccc(B3OC(C)(C)C(C)(C)O3)c2)s1. The third-order valence-corrected chi connectivity index (χ3v) is 6.02. The van der Waals surface area contributed by atoms with Crippen molar-refractivity contribution in [2.45, 2.75) is 58.3 Å². The molecule has 0 bridgehead atoms. The molecule has 1 aliphatic rings. The van der Waals surface area contributed by atoms with Crippen LogP contribution in [0.5, 0.6) is 0 Å². The van der Waals surface area contributed by atoms with Gasteiger partial charge in [-0.15, -0.1) is 11.3 Å². The average Bonchev–Trinajstić information content (AvgIpc) is 3.08. The summed E-state index contributed by atoms with van der Waals surface area (Å²) in [6.45, 7) is 11.7.